The summed E-state index contributed by atoms with van der Waals surface area (Å²) < 4.78 is 21.4. The van der Waals surface area contributed by atoms with E-state index in [2.05, 4.69) is 20.7 Å². The molecule has 1 aliphatic rings. The maximum atomic E-state index is 14.5. The van der Waals surface area contributed by atoms with Crippen molar-refractivity contribution in [3.8, 4) is 0 Å². The van der Waals surface area contributed by atoms with Crippen LogP contribution in [0.3, 0.4) is 0 Å². The van der Waals surface area contributed by atoms with Crippen molar-refractivity contribution in [1.29, 1.82) is 0 Å². The number of aromatic nitrogens is 3. The Hall–Kier alpha value is -3.69. The highest BCUT2D eigenvalue weighted by atomic mass is 19.1. The van der Waals surface area contributed by atoms with Crippen LogP contribution in [0.25, 0.3) is 10.8 Å². The molecule has 1 aromatic carbocycles. The Kier molecular flexibility index (Phi) is 6.16. The van der Waals surface area contributed by atoms with Crippen molar-refractivity contribution in [2.24, 2.45) is 0 Å². The number of halogens is 1. The first-order valence-corrected chi connectivity index (χ1v) is 11.2. The summed E-state index contributed by atoms with van der Waals surface area (Å²) in [5.41, 5.74) is 0.263. The van der Waals surface area contributed by atoms with Gasteiger partial charge in [-0.1, -0.05) is 6.07 Å². The predicted octanol–water partition coefficient (Wildman–Crippen LogP) is 4.45. The standard InChI is InChI=1S/C24H29FN6O3/c1-14(2)30-9-8-16-11-20(29-31(16)13-21(30)32)27-19-10-15-6-7-18(25)22(17(15)12-26-19)28-23(33)34-24(3,4)5/h6-7,10-12,14H,8-9,13H2,1-5H3,(H,28,33)(H,26,27,29). The van der Waals surface area contributed by atoms with Gasteiger partial charge in [-0.2, -0.15) is 5.10 Å². The van der Waals surface area contributed by atoms with Crippen molar-refractivity contribution in [3.05, 3.63) is 42.0 Å². The van der Waals surface area contributed by atoms with Crippen LogP contribution in [0.15, 0.2) is 30.5 Å². The van der Waals surface area contributed by atoms with Gasteiger partial charge in [0.1, 0.15) is 23.8 Å². The maximum Gasteiger partial charge on any atom is 0.412 e. The summed E-state index contributed by atoms with van der Waals surface area (Å²) in [7, 11) is 0. The van der Waals surface area contributed by atoms with Crippen LogP contribution in [0.2, 0.25) is 0 Å². The molecule has 2 N–H and O–H groups in total. The van der Waals surface area contributed by atoms with Crippen molar-refractivity contribution in [1.82, 2.24) is 19.7 Å². The average Bonchev–Trinajstić information content (AvgIpc) is 3.01. The van der Waals surface area contributed by atoms with Gasteiger partial charge in [0, 0.05) is 42.4 Å². The Bertz CT molecular complexity index is 1250. The minimum atomic E-state index is -0.744. The van der Waals surface area contributed by atoms with Crippen LogP contribution >= 0.6 is 0 Å². The van der Waals surface area contributed by atoms with Gasteiger partial charge in [0.25, 0.3) is 0 Å². The normalized spacial score (nSPS) is 14.2. The molecule has 0 aliphatic carbocycles. The largest absolute Gasteiger partial charge is 0.444 e. The number of fused-ring (bicyclic) bond motifs is 2. The van der Waals surface area contributed by atoms with Crippen LogP contribution in [-0.4, -0.2) is 49.9 Å². The monoisotopic (exact) mass is 468 g/mol. The number of hydrogen-bond donors (Lipinski definition) is 2. The molecule has 0 fully saturated rings. The van der Waals surface area contributed by atoms with E-state index in [0.717, 1.165) is 5.69 Å². The second kappa shape index (κ2) is 8.92. The van der Waals surface area contributed by atoms with E-state index in [1.54, 1.807) is 37.6 Å². The van der Waals surface area contributed by atoms with Gasteiger partial charge in [0.2, 0.25) is 5.91 Å². The second-order valence-corrected chi connectivity index (χ2v) is 9.57. The average molecular weight is 469 g/mol. The molecule has 0 radical (unpaired) electrons. The van der Waals surface area contributed by atoms with Gasteiger partial charge in [0.05, 0.1) is 5.69 Å². The van der Waals surface area contributed by atoms with Gasteiger partial charge in [0.15, 0.2) is 5.82 Å². The number of hydrogen-bond acceptors (Lipinski definition) is 6. The molecule has 0 unspecified atom stereocenters. The Balaban J connectivity index is 1.54. The highest BCUT2D eigenvalue weighted by Gasteiger charge is 2.24. The summed E-state index contributed by atoms with van der Waals surface area (Å²) in [5.74, 6) is 0.533. The van der Waals surface area contributed by atoms with Crippen LogP contribution in [0.1, 0.15) is 40.3 Å². The van der Waals surface area contributed by atoms with Crippen LogP contribution in [0.5, 0.6) is 0 Å². The molecule has 0 atom stereocenters. The SMILES string of the molecule is CC(C)N1CCc2cc(Nc3cc4ccc(F)c(NC(=O)OC(C)(C)C)c4cn3)nn2CC1=O. The Morgan fingerprint density at radius 1 is 1.21 bits per heavy atom. The van der Waals surface area contributed by atoms with E-state index >= 15 is 0 Å². The zero-order valence-electron chi connectivity index (χ0n) is 20.0. The van der Waals surface area contributed by atoms with Crippen molar-refractivity contribution in [2.45, 2.75) is 59.2 Å². The Labute approximate surface area is 197 Å². The number of amides is 2. The van der Waals surface area contributed by atoms with Gasteiger partial charge in [-0.25, -0.2) is 14.2 Å². The zero-order valence-corrected chi connectivity index (χ0v) is 20.0. The summed E-state index contributed by atoms with van der Waals surface area (Å²) in [6.07, 6.45) is 1.45. The number of carbonyl (C=O) groups excluding carboxylic acids is 2. The molecule has 2 amide bonds. The van der Waals surface area contributed by atoms with E-state index in [0.29, 0.717) is 35.4 Å². The molecule has 0 saturated heterocycles. The molecule has 10 heteroatoms. The molecule has 0 saturated carbocycles. The Morgan fingerprint density at radius 2 is 1.97 bits per heavy atom. The number of carbonyl (C=O) groups is 2. The van der Waals surface area contributed by atoms with E-state index in [9.17, 15) is 14.0 Å². The van der Waals surface area contributed by atoms with E-state index in [1.807, 2.05) is 24.8 Å². The Morgan fingerprint density at radius 3 is 2.68 bits per heavy atom. The fourth-order valence-electron chi connectivity index (χ4n) is 3.90. The second-order valence-electron chi connectivity index (χ2n) is 9.57. The minimum absolute atomic E-state index is 0.00715. The smallest absolute Gasteiger partial charge is 0.412 e. The fraction of sp³-hybridized carbons (Fsp3) is 0.417. The van der Waals surface area contributed by atoms with Crippen LogP contribution < -0.4 is 10.6 Å². The number of rotatable bonds is 4. The summed E-state index contributed by atoms with van der Waals surface area (Å²) >= 11 is 0. The number of anilines is 3. The van der Waals surface area contributed by atoms with Crippen molar-refractivity contribution in [3.63, 3.8) is 0 Å². The third-order valence-corrected chi connectivity index (χ3v) is 5.44. The summed E-state index contributed by atoms with van der Waals surface area (Å²) in [6, 6.07) is 6.69. The first kappa shape index (κ1) is 23.5. The molecule has 34 heavy (non-hydrogen) atoms. The van der Waals surface area contributed by atoms with Crippen molar-refractivity contribution >= 4 is 40.1 Å². The molecule has 0 spiro atoms. The third-order valence-electron chi connectivity index (χ3n) is 5.44. The zero-order chi connectivity index (χ0) is 24.6. The van der Waals surface area contributed by atoms with Crippen LogP contribution in [0, 0.1) is 5.82 Å². The van der Waals surface area contributed by atoms with E-state index in [-0.39, 0.29) is 24.2 Å². The maximum absolute atomic E-state index is 14.5. The van der Waals surface area contributed by atoms with Gasteiger partial charge >= 0.3 is 6.09 Å². The van der Waals surface area contributed by atoms with Gasteiger partial charge < -0.3 is 15.0 Å². The van der Waals surface area contributed by atoms with Gasteiger partial charge in [-0.15, -0.1) is 0 Å². The molecule has 9 nitrogen and oxygen atoms in total. The number of nitrogens with one attached hydrogen (secondary N) is 2. The highest BCUT2D eigenvalue weighted by molar-refractivity contribution is 6.00. The predicted molar refractivity (Wildman–Crippen MR) is 128 cm³/mol. The summed E-state index contributed by atoms with van der Waals surface area (Å²) in [6.45, 7) is 10.1. The molecule has 3 heterocycles. The molecule has 0 bridgehead atoms. The highest BCUT2D eigenvalue weighted by Crippen LogP contribution is 2.29. The van der Waals surface area contributed by atoms with E-state index < -0.39 is 17.5 Å². The lowest BCUT2D eigenvalue weighted by molar-refractivity contribution is -0.133. The van der Waals surface area contributed by atoms with Crippen LogP contribution in [-0.2, 0) is 22.5 Å². The lowest BCUT2D eigenvalue weighted by atomic mass is 10.1. The first-order valence-electron chi connectivity index (χ1n) is 11.2. The third kappa shape index (κ3) is 5.11. The van der Waals surface area contributed by atoms with Crippen molar-refractivity contribution in [2.75, 3.05) is 17.2 Å². The fourth-order valence-corrected chi connectivity index (χ4v) is 3.90. The van der Waals surface area contributed by atoms with Crippen molar-refractivity contribution < 1.29 is 18.7 Å². The quantitative estimate of drug-likeness (QED) is 0.587. The number of benzene rings is 1. The molecular formula is C24H29FN6O3. The lowest BCUT2D eigenvalue weighted by Crippen LogP contribution is -2.38. The minimum Gasteiger partial charge on any atom is -0.444 e. The molecule has 1 aliphatic heterocycles. The molecular weight excluding hydrogens is 439 g/mol. The topological polar surface area (TPSA) is 101 Å². The van der Waals surface area contributed by atoms with E-state index in [4.69, 9.17) is 4.74 Å². The molecule has 180 valence electrons. The summed E-state index contributed by atoms with van der Waals surface area (Å²) in [4.78, 5) is 30.9. The number of ether oxygens (including phenoxy) is 1. The van der Waals surface area contributed by atoms with Crippen LogP contribution in [0.4, 0.5) is 26.5 Å². The summed E-state index contributed by atoms with van der Waals surface area (Å²) in [5, 5.41) is 11.3. The van der Waals surface area contributed by atoms with Gasteiger partial charge in [-0.3, -0.25) is 14.8 Å². The number of pyridine rings is 1. The first-order chi connectivity index (χ1) is 16.0. The molecule has 3 aromatic rings. The number of nitrogens with zero attached hydrogens (tertiary/aromatic N) is 4. The molecule has 2 aromatic heterocycles. The molecule has 4 rings (SSSR count). The van der Waals surface area contributed by atoms with Gasteiger partial charge in [-0.05, 0) is 52.1 Å². The lowest BCUT2D eigenvalue weighted by Gasteiger charge is -2.24. The van der Waals surface area contributed by atoms with E-state index in [1.165, 1.54) is 12.3 Å².